The second kappa shape index (κ2) is 7.59. The average molecular weight is 395 g/mol. The van der Waals surface area contributed by atoms with Crippen LogP contribution in [0.25, 0.3) is 0 Å². The van der Waals surface area contributed by atoms with Crippen LogP contribution >= 0.6 is 11.8 Å². The zero-order chi connectivity index (χ0) is 19.8. The van der Waals surface area contributed by atoms with E-state index in [4.69, 9.17) is 4.74 Å². The predicted octanol–water partition coefficient (Wildman–Crippen LogP) is 0.730. The highest BCUT2D eigenvalue weighted by Gasteiger charge is 2.71. The highest BCUT2D eigenvalue weighted by molar-refractivity contribution is 7.98. The minimum atomic E-state index is -1.18. The van der Waals surface area contributed by atoms with Crippen LogP contribution in [0.3, 0.4) is 0 Å². The highest BCUT2D eigenvalue weighted by atomic mass is 32.2. The van der Waals surface area contributed by atoms with Crippen LogP contribution in [-0.4, -0.2) is 53.9 Å². The van der Waals surface area contributed by atoms with Crippen LogP contribution in [-0.2, 0) is 19.1 Å². The molecule has 2 aliphatic rings. The molecule has 2 heterocycles. The minimum Gasteiger partial charge on any atom is -0.464 e. The number of methoxy groups -OCH3 is 1. The molecule has 2 amide bonds. The fourth-order valence-corrected chi connectivity index (χ4v) is 5.05. The smallest absolute Gasteiger partial charge is 0.368 e. The topological polar surface area (TPSA) is 80.3 Å². The number of esters is 1. The Kier molecular flexibility index (Phi) is 5.58. The first-order valence-corrected chi connectivity index (χ1v) is 10.3. The van der Waals surface area contributed by atoms with E-state index in [0.29, 0.717) is 17.7 Å². The molecule has 2 fully saturated rings. The maximum Gasteiger partial charge on any atom is 0.368 e. The number of benzene rings is 1. The number of carbonyl (C=O) groups is 3. The van der Waals surface area contributed by atoms with Crippen LogP contribution in [0.5, 0.6) is 0 Å². The summed E-state index contributed by atoms with van der Waals surface area (Å²) in [5.41, 5.74) is -0.588. The quantitative estimate of drug-likeness (QED) is 0.567. The molecule has 1 aromatic carbocycles. The van der Waals surface area contributed by atoms with E-state index in [-0.39, 0.29) is 18.4 Å². The third-order valence-corrected chi connectivity index (χ3v) is 6.31. The lowest BCUT2D eigenvalue weighted by molar-refractivity contribution is -0.734. The van der Waals surface area contributed by atoms with E-state index in [9.17, 15) is 18.8 Å². The van der Waals surface area contributed by atoms with E-state index >= 15 is 0 Å². The lowest BCUT2D eigenvalue weighted by Crippen LogP contribution is -2.98. The molecule has 8 heteroatoms. The number of likely N-dealkylation sites (tertiary alicyclic amines) is 1. The summed E-state index contributed by atoms with van der Waals surface area (Å²) in [6, 6.07) is 5.49. The molecule has 0 unspecified atom stereocenters. The Morgan fingerprint density at radius 2 is 2.11 bits per heavy atom. The number of hydrogen-bond acceptors (Lipinski definition) is 5. The van der Waals surface area contributed by atoms with Crippen LogP contribution in [0.2, 0.25) is 0 Å². The van der Waals surface area contributed by atoms with Gasteiger partial charge in [0.05, 0.1) is 7.11 Å². The van der Waals surface area contributed by atoms with E-state index in [0.717, 1.165) is 0 Å². The van der Waals surface area contributed by atoms with Gasteiger partial charge in [0.25, 0.3) is 0 Å². The number of carbonyl (C=O) groups excluding carboxylic acids is 3. The van der Waals surface area contributed by atoms with Gasteiger partial charge in [-0.25, -0.2) is 9.18 Å². The van der Waals surface area contributed by atoms with Crippen LogP contribution in [0.4, 0.5) is 4.39 Å². The zero-order valence-electron chi connectivity index (χ0n) is 15.6. The van der Waals surface area contributed by atoms with E-state index in [1.807, 2.05) is 6.26 Å². The summed E-state index contributed by atoms with van der Waals surface area (Å²) in [6.45, 7) is 1.99. The van der Waals surface area contributed by atoms with Crippen molar-refractivity contribution in [3.8, 4) is 0 Å². The molecular formula is C19H24FN2O4S+. The fraction of sp³-hybridized carbons (Fsp3) is 0.526. The number of halogens is 1. The third kappa shape index (κ3) is 3.04. The highest BCUT2D eigenvalue weighted by Crippen LogP contribution is 2.46. The van der Waals surface area contributed by atoms with Crippen molar-refractivity contribution >= 4 is 29.5 Å². The molecule has 0 aliphatic carbocycles. The van der Waals surface area contributed by atoms with Crippen molar-refractivity contribution in [3.05, 3.63) is 35.6 Å². The summed E-state index contributed by atoms with van der Waals surface area (Å²) in [5, 5.41) is 1.77. The fourth-order valence-electron chi connectivity index (χ4n) is 4.51. The van der Waals surface area contributed by atoms with Crippen LogP contribution in [0.1, 0.15) is 24.9 Å². The van der Waals surface area contributed by atoms with Gasteiger partial charge in [-0.1, -0.05) is 12.1 Å². The Hall–Kier alpha value is -1.93. The average Bonchev–Trinajstić information content (AvgIpc) is 3.14. The zero-order valence-corrected chi connectivity index (χ0v) is 16.4. The first kappa shape index (κ1) is 19.8. The number of imide groups is 1. The molecule has 0 radical (unpaired) electrons. The van der Waals surface area contributed by atoms with Gasteiger partial charge in [0, 0.05) is 18.5 Å². The SMILES string of the molecule is CCN1C(=O)[C@@H]2[C@@H](C1=O)[C@](CCSC)(C(=O)OC)[NH2+][C@H]2c1cccc(F)c1. The van der Waals surface area contributed by atoms with Crippen LogP contribution in [0.15, 0.2) is 24.3 Å². The summed E-state index contributed by atoms with van der Waals surface area (Å²) in [5.74, 6) is -2.44. The van der Waals surface area contributed by atoms with Gasteiger partial charge in [0.1, 0.15) is 23.7 Å². The number of nitrogens with two attached hydrogens (primary N) is 1. The molecule has 2 saturated heterocycles. The van der Waals surface area contributed by atoms with E-state index < -0.39 is 35.2 Å². The molecule has 27 heavy (non-hydrogen) atoms. The van der Waals surface area contributed by atoms with Gasteiger partial charge in [0.2, 0.25) is 17.4 Å². The van der Waals surface area contributed by atoms with Crippen molar-refractivity contribution < 1.29 is 28.8 Å². The number of nitrogens with zero attached hydrogens (tertiary/aromatic N) is 1. The molecule has 0 spiro atoms. The first-order valence-electron chi connectivity index (χ1n) is 8.95. The molecule has 3 rings (SSSR count). The number of hydrogen-bond donors (Lipinski definition) is 1. The third-order valence-electron chi connectivity index (χ3n) is 5.70. The summed E-state index contributed by atoms with van der Waals surface area (Å²) in [4.78, 5) is 40.1. The van der Waals surface area contributed by atoms with Crippen molar-refractivity contribution in [2.75, 3.05) is 25.7 Å². The van der Waals surface area contributed by atoms with Crippen molar-refractivity contribution in [2.45, 2.75) is 24.9 Å². The molecule has 4 atom stereocenters. The monoisotopic (exact) mass is 395 g/mol. The Bertz CT molecular complexity index is 774. The molecule has 1 aromatic rings. The summed E-state index contributed by atoms with van der Waals surface area (Å²) in [7, 11) is 1.29. The number of amides is 2. The number of fused-ring (bicyclic) bond motifs is 1. The van der Waals surface area contributed by atoms with Gasteiger partial charge < -0.3 is 10.1 Å². The Labute approximate surface area is 161 Å². The molecular weight excluding hydrogens is 371 g/mol. The number of thioether (sulfide) groups is 1. The van der Waals surface area contributed by atoms with Crippen molar-refractivity contribution in [2.24, 2.45) is 11.8 Å². The molecule has 0 saturated carbocycles. The number of rotatable bonds is 6. The first-order chi connectivity index (χ1) is 12.9. The van der Waals surface area contributed by atoms with Crippen LogP contribution < -0.4 is 5.32 Å². The summed E-state index contributed by atoms with van der Waals surface area (Å²) >= 11 is 1.56. The Balaban J connectivity index is 2.14. The minimum absolute atomic E-state index is 0.250. The van der Waals surface area contributed by atoms with Gasteiger partial charge in [-0.05, 0) is 31.1 Å². The largest absolute Gasteiger partial charge is 0.464 e. The maximum absolute atomic E-state index is 13.8. The standard InChI is InChI=1S/C19H23FN2O4S/c1-4-22-16(23)13-14(17(22)24)19(8-9-27-3,18(25)26-2)21-15(13)11-6-5-7-12(20)10-11/h5-7,10,13-15,21H,4,8-9H2,1-3H3/p+1/t13-,14+,15+,19-/m1/s1. The normalized spacial score (nSPS) is 29.9. The number of ether oxygens (including phenoxy) is 1. The van der Waals surface area contributed by atoms with Gasteiger partial charge in [-0.15, -0.1) is 0 Å². The number of quaternary nitrogens is 1. The molecule has 2 aliphatic heterocycles. The Morgan fingerprint density at radius 1 is 1.37 bits per heavy atom. The summed E-state index contributed by atoms with van der Waals surface area (Å²) in [6.07, 6.45) is 2.31. The van der Waals surface area contributed by atoms with Gasteiger partial charge in [-0.3, -0.25) is 14.5 Å². The molecule has 2 N–H and O–H groups in total. The summed E-state index contributed by atoms with van der Waals surface area (Å²) < 4.78 is 18.9. The molecule has 0 bridgehead atoms. The Morgan fingerprint density at radius 3 is 2.70 bits per heavy atom. The van der Waals surface area contributed by atoms with Crippen LogP contribution in [0, 0.1) is 17.7 Å². The van der Waals surface area contributed by atoms with E-state index in [1.165, 1.54) is 24.1 Å². The van der Waals surface area contributed by atoms with E-state index in [2.05, 4.69) is 0 Å². The lowest BCUT2D eigenvalue weighted by Gasteiger charge is -2.29. The molecule has 146 valence electrons. The van der Waals surface area contributed by atoms with E-state index in [1.54, 1.807) is 36.1 Å². The second-order valence-electron chi connectivity index (χ2n) is 6.95. The van der Waals surface area contributed by atoms with Gasteiger partial charge >= 0.3 is 5.97 Å². The predicted molar refractivity (Wildman–Crippen MR) is 98.2 cm³/mol. The van der Waals surface area contributed by atoms with Gasteiger partial charge in [-0.2, -0.15) is 11.8 Å². The lowest BCUT2D eigenvalue weighted by atomic mass is 9.78. The van der Waals surface area contributed by atoms with Crippen molar-refractivity contribution in [1.82, 2.24) is 4.90 Å². The van der Waals surface area contributed by atoms with Crippen molar-refractivity contribution in [1.29, 1.82) is 0 Å². The second-order valence-corrected chi connectivity index (χ2v) is 7.93. The maximum atomic E-state index is 13.8. The van der Waals surface area contributed by atoms with Crippen molar-refractivity contribution in [3.63, 3.8) is 0 Å². The van der Waals surface area contributed by atoms with Gasteiger partial charge in [0.15, 0.2) is 0 Å². The molecule has 0 aromatic heterocycles. The molecule has 6 nitrogen and oxygen atoms in total.